The zero-order chi connectivity index (χ0) is 15.0. The van der Waals surface area contributed by atoms with Crippen LogP contribution in [-0.4, -0.2) is 42.4 Å². The molecule has 0 aliphatic heterocycles. The fourth-order valence-electron chi connectivity index (χ4n) is 2.61. The minimum atomic E-state index is -1.11. The molecule has 0 spiro atoms. The maximum Gasteiger partial charge on any atom is 0.329 e. The predicted octanol–water partition coefficient (Wildman–Crippen LogP) is 1.75. The van der Waals surface area contributed by atoms with Crippen LogP contribution in [0, 0.1) is 5.92 Å². The highest BCUT2D eigenvalue weighted by Crippen LogP contribution is 2.33. The van der Waals surface area contributed by atoms with Crippen molar-refractivity contribution in [1.82, 2.24) is 10.6 Å². The number of nitrogens with one attached hydrogen (secondary N) is 2. The van der Waals surface area contributed by atoms with Crippen LogP contribution in [0.5, 0.6) is 0 Å². The quantitative estimate of drug-likeness (QED) is 0.622. The average Bonchev–Trinajstić information content (AvgIpc) is 2.44. The van der Waals surface area contributed by atoms with E-state index in [9.17, 15) is 14.7 Å². The summed E-state index contributed by atoms with van der Waals surface area (Å²) in [5.41, 5.74) is -1.11. The van der Waals surface area contributed by atoms with Gasteiger partial charge in [-0.15, -0.1) is 0 Å². The van der Waals surface area contributed by atoms with Crippen LogP contribution in [0.2, 0.25) is 0 Å². The van der Waals surface area contributed by atoms with Crippen LogP contribution in [0.3, 0.4) is 0 Å². The van der Waals surface area contributed by atoms with Gasteiger partial charge in [-0.2, -0.15) is 0 Å². The van der Waals surface area contributed by atoms with Crippen molar-refractivity contribution in [3.63, 3.8) is 0 Å². The topological polar surface area (TPSA) is 87.7 Å². The second kappa shape index (κ2) is 8.09. The molecule has 6 heteroatoms. The lowest BCUT2D eigenvalue weighted by Crippen LogP contribution is -2.58. The molecule has 20 heavy (non-hydrogen) atoms. The van der Waals surface area contributed by atoms with Crippen molar-refractivity contribution in [2.24, 2.45) is 5.92 Å². The molecule has 116 valence electrons. The molecular formula is C14H26N2O4. The van der Waals surface area contributed by atoms with E-state index < -0.39 is 17.5 Å². The highest BCUT2D eigenvalue weighted by molar-refractivity contribution is 5.86. The standard InChI is InChI=1S/C14H26N2O4/c1-3-11-5-7-14(8-6-11,12(17)18)16-13(19)15-9-10-20-4-2/h11H,3-10H2,1-2H3,(H,17,18)(H2,15,16,19). The van der Waals surface area contributed by atoms with Gasteiger partial charge < -0.3 is 20.5 Å². The number of hydrogen-bond donors (Lipinski definition) is 3. The van der Waals surface area contributed by atoms with Gasteiger partial charge in [0.2, 0.25) is 0 Å². The van der Waals surface area contributed by atoms with Gasteiger partial charge in [-0.05, 0) is 38.5 Å². The predicted molar refractivity (Wildman–Crippen MR) is 75.6 cm³/mol. The summed E-state index contributed by atoms with van der Waals surface area (Å²) >= 11 is 0. The van der Waals surface area contributed by atoms with Crippen LogP contribution in [-0.2, 0) is 9.53 Å². The lowest BCUT2D eigenvalue weighted by Gasteiger charge is -2.37. The highest BCUT2D eigenvalue weighted by atomic mass is 16.5. The highest BCUT2D eigenvalue weighted by Gasteiger charge is 2.42. The molecule has 1 fully saturated rings. The Labute approximate surface area is 120 Å². The van der Waals surface area contributed by atoms with E-state index in [1.165, 1.54) is 0 Å². The summed E-state index contributed by atoms with van der Waals surface area (Å²) in [6, 6.07) is -0.429. The Bertz CT molecular complexity index is 325. The molecule has 0 saturated heterocycles. The Hall–Kier alpha value is -1.30. The molecule has 2 amide bonds. The van der Waals surface area contributed by atoms with E-state index in [2.05, 4.69) is 17.6 Å². The van der Waals surface area contributed by atoms with Crippen LogP contribution < -0.4 is 10.6 Å². The van der Waals surface area contributed by atoms with E-state index in [1.807, 2.05) is 6.92 Å². The van der Waals surface area contributed by atoms with Gasteiger partial charge in [-0.1, -0.05) is 13.3 Å². The monoisotopic (exact) mass is 286 g/mol. The van der Waals surface area contributed by atoms with E-state index in [0.29, 0.717) is 38.5 Å². The zero-order valence-corrected chi connectivity index (χ0v) is 12.4. The van der Waals surface area contributed by atoms with Gasteiger partial charge in [0, 0.05) is 13.2 Å². The molecule has 0 atom stereocenters. The first kappa shape index (κ1) is 16.8. The molecule has 0 aromatic heterocycles. The largest absolute Gasteiger partial charge is 0.480 e. The minimum Gasteiger partial charge on any atom is -0.480 e. The minimum absolute atomic E-state index is 0.382. The Morgan fingerprint density at radius 3 is 2.45 bits per heavy atom. The fraction of sp³-hybridized carbons (Fsp3) is 0.857. The van der Waals surface area contributed by atoms with Crippen molar-refractivity contribution in [3.05, 3.63) is 0 Å². The molecule has 1 rings (SSSR count). The molecule has 0 heterocycles. The van der Waals surface area contributed by atoms with Crippen molar-refractivity contribution in [2.45, 2.75) is 51.5 Å². The Morgan fingerprint density at radius 1 is 1.30 bits per heavy atom. The third kappa shape index (κ3) is 4.67. The second-order valence-corrected chi connectivity index (χ2v) is 5.32. The second-order valence-electron chi connectivity index (χ2n) is 5.32. The first-order chi connectivity index (χ1) is 9.54. The molecule has 1 saturated carbocycles. The van der Waals surface area contributed by atoms with Gasteiger partial charge >= 0.3 is 12.0 Å². The Balaban J connectivity index is 2.47. The van der Waals surface area contributed by atoms with Crippen molar-refractivity contribution in [3.8, 4) is 0 Å². The molecule has 0 unspecified atom stereocenters. The van der Waals surface area contributed by atoms with E-state index >= 15 is 0 Å². The molecule has 1 aliphatic rings. The normalized spacial score (nSPS) is 26.0. The van der Waals surface area contributed by atoms with Gasteiger partial charge in [-0.3, -0.25) is 0 Å². The van der Waals surface area contributed by atoms with Gasteiger partial charge in [0.05, 0.1) is 6.61 Å². The third-order valence-electron chi connectivity index (χ3n) is 4.03. The molecule has 0 radical (unpaired) electrons. The van der Waals surface area contributed by atoms with Crippen molar-refractivity contribution in [1.29, 1.82) is 0 Å². The molecular weight excluding hydrogens is 260 g/mol. The van der Waals surface area contributed by atoms with Gasteiger partial charge in [0.25, 0.3) is 0 Å². The maximum absolute atomic E-state index is 11.8. The summed E-state index contributed by atoms with van der Waals surface area (Å²) in [7, 11) is 0. The lowest BCUT2D eigenvalue weighted by atomic mass is 9.75. The SMILES string of the molecule is CCOCCNC(=O)NC1(C(=O)O)CCC(CC)CC1. The van der Waals surface area contributed by atoms with E-state index in [4.69, 9.17) is 4.74 Å². The average molecular weight is 286 g/mol. The fourth-order valence-corrected chi connectivity index (χ4v) is 2.61. The van der Waals surface area contributed by atoms with E-state index in [1.54, 1.807) is 0 Å². The first-order valence-corrected chi connectivity index (χ1v) is 7.41. The Morgan fingerprint density at radius 2 is 1.95 bits per heavy atom. The smallest absolute Gasteiger partial charge is 0.329 e. The number of urea groups is 1. The van der Waals surface area contributed by atoms with Crippen molar-refractivity contribution < 1.29 is 19.4 Å². The van der Waals surface area contributed by atoms with Gasteiger partial charge in [0.15, 0.2) is 0 Å². The molecule has 0 aromatic rings. The van der Waals surface area contributed by atoms with Crippen LogP contribution >= 0.6 is 0 Å². The summed E-state index contributed by atoms with van der Waals surface area (Å²) in [4.78, 5) is 23.3. The number of carboxylic acids is 1. The summed E-state index contributed by atoms with van der Waals surface area (Å²) < 4.78 is 5.12. The number of carboxylic acid groups (broad SMARTS) is 1. The first-order valence-electron chi connectivity index (χ1n) is 7.41. The number of aliphatic carboxylic acids is 1. The number of carbonyl (C=O) groups is 2. The number of rotatable bonds is 7. The van der Waals surface area contributed by atoms with Crippen LogP contribution in [0.25, 0.3) is 0 Å². The Kier molecular flexibility index (Phi) is 6.78. The van der Waals surface area contributed by atoms with Crippen molar-refractivity contribution in [2.75, 3.05) is 19.8 Å². The summed E-state index contributed by atoms with van der Waals surface area (Å²) in [5.74, 6) is -0.364. The summed E-state index contributed by atoms with van der Waals surface area (Å²) in [6.45, 7) is 5.41. The van der Waals surface area contributed by atoms with E-state index in [0.717, 1.165) is 19.3 Å². The molecule has 3 N–H and O–H groups in total. The number of hydrogen-bond acceptors (Lipinski definition) is 3. The third-order valence-corrected chi connectivity index (χ3v) is 4.03. The number of ether oxygens (including phenoxy) is 1. The summed E-state index contributed by atoms with van der Waals surface area (Å²) in [5, 5.41) is 14.7. The molecule has 0 bridgehead atoms. The summed E-state index contributed by atoms with van der Waals surface area (Å²) in [6.07, 6.45) is 3.76. The number of carbonyl (C=O) groups excluding carboxylic acids is 1. The van der Waals surface area contributed by atoms with Crippen LogP contribution in [0.4, 0.5) is 4.79 Å². The van der Waals surface area contributed by atoms with Crippen molar-refractivity contribution >= 4 is 12.0 Å². The molecule has 0 aromatic carbocycles. The van der Waals surface area contributed by atoms with Gasteiger partial charge in [-0.25, -0.2) is 9.59 Å². The zero-order valence-electron chi connectivity index (χ0n) is 12.4. The van der Waals surface area contributed by atoms with E-state index in [-0.39, 0.29) is 0 Å². The maximum atomic E-state index is 11.8. The van der Waals surface area contributed by atoms with Gasteiger partial charge in [0.1, 0.15) is 5.54 Å². The lowest BCUT2D eigenvalue weighted by molar-refractivity contribution is -0.146. The molecule has 6 nitrogen and oxygen atoms in total. The number of amides is 2. The van der Waals surface area contributed by atoms with Crippen LogP contribution in [0.1, 0.15) is 46.0 Å². The van der Waals surface area contributed by atoms with Crippen LogP contribution in [0.15, 0.2) is 0 Å². The molecule has 1 aliphatic carbocycles.